The molecular weight excluding hydrogens is 446 g/mol. The maximum Gasteiger partial charge on any atom is 0.253 e. The number of hydrogen-bond acceptors (Lipinski definition) is 7. The number of morpholine rings is 1. The van der Waals surface area contributed by atoms with Gasteiger partial charge in [-0.05, 0) is 29.8 Å². The summed E-state index contributed by atoms with van der Waals surface area (Å²) >= 11 is 0. The molecule has 0 spiro atoms. The van der Waals surface area contributed by atoms with Crippen LogP contribution in [0.2, 0.25) is 0 Å². The quantitative estimate of drug-likeness (QED) is 0.552. The molecule has 1 amide bonds. The van der Waals surface area contributed by atoms with E-state index < -0.39 is 6.10 Å². The SMILES string of the molecule is COc1ccc(C(=O)N2CCN(CC3CN(CC(O)COCc4ccccc4)CCO3)CC2)cc1. The highest BCUT2D eigenvalue weighted by Crippen LogP contribution is 2.15. The van der Waals surface area contributed by atoms with Gasteiger partial charge in [0.25, 0.3) is 5.91 Å². The molecule has 8 nitrogen and oxygen atoms in total. The maximum atomic E-state index is 12.8. The van der Waals surface area contributed by atoms with Crippen molar-refractivity contribution in [3.8, 4) is 5.75 Å². The standard InChI is InChI=1S/C27H37N3O5/c1-33-25-9-7-23(8-10-25)27(32)30-13-11-28(12-14-30)18-26-19-29(15-16-35-26)17-24(31)21-34-20-22-5-3-2-4-6-22/h2-10,24,26,31H,11-21H2,1H3. The molecule has 2 aliphatic heterocycles. The third kappa shape index (κ3) is 7.75. The third-order valence-electron chi connectivity index (χ3n) is 6.57. The molecular formula is C27H37N3O5. The highest BCUT2D eigenvalue weighted by Gasteiger charge is 2.27. The van der Waals surface area contributed by atoms with Gasteiger partial charge in [0.15, 0.2) is 0 Å². The molecule has 190 valence electrons. The smallest absolute Gasteiger partial charge is 0.253 e. The van der Waals surface area contributed by atoms with Crippen LogP contribution in [0.15, 0.2) is 54.6 Å². The number of piperazine rings is 1. The summed E-state index contributed by atoms with van der Waals surface area (Å²) in [5.41, 5.74) is 1.80. The summed E-state index contributed by atoms with van der Waals surface area (Å²) < 4.78 is 16.9. The molecule has 2 aromatic carbocycles. The fraction of sp³-hybridized carbons (Fsp3) is 0.519. The minimum atomic E-state index is -0.523. The Kier molecular flexibility index (Phi) is 9.50. The van der Waals surface area contributed by atoms with Gasteiger partial charge in [-0.1, -0.05) is 30.3 Å². The van der Waals surface area contributed by atoms with Crippen LogP contribution in [-0.4, -0.2) is 111 Å². The number of nitrogens with zero attached hydrogens (tertiary/aromatic N) is 3. The van der Waals surface area contributed by atoms with Gasteiger partial charge in [-0.25, -0.2) is 0 Å². The van der Waals surface area contributed by atoms with Crippen molar-refractivity contribution in [2.75, 3.05) is 72.7 Å². The molecule has 0 aliphatic carbocycles. The van der Waals surface area contributed by atoms with E-state index in [4.69, 9.17) is 14.2 Å². The van der Waals surface area contributed by atoms with Crippen molar-refractivity contribution in [1.82, 2.24) is 14.7 Å². The molecule has 0 radical (unpaired) electrons. The predicted molar refractivity (Wildman–Crippen MR) is 134 cm³/mol. The van der Waals surface area contributed by atoms with Gasteiger partial charge in [-0.15, -0.1) is 0 Å². The fourth-order valence-corrected chi connectivity index (χ4v) is 4.63. The first kappa shape index (κ1) is 25.6. The number of hydrogen-bond donors (Lipinski definition) is 1. The number of aliphatic hydroxyl groups is 1. The van der Waals surface area contributed by atoms with Crippen LogP contribution < -0.4 is 4.74 Å². The van der Waals surface area contributed by atoms with Crippen LogP contribution in [-0.2, 0) is 16.1 Å². The van der Waals surface area contributed by atoms with Crippen molar-refractivity contribution < 1.29 is 24.1 Å². The average Bonchev–Trinajstić information content (AvgIpc) is 2.89. The van der Waals surface area contributed by atoms with E-state index in [1.165, 1.54) is 0 Å². The Labute approximate surface area is 208 Å². The monoisotopic (exact) mass is 483 g/mol. The summed E-state index contributed by atoms with van der Waals surface area (Å²) in [5, 5.41) is 10.4. The molecule has 0 saturated carbocycles. The van der Waals surface area contributed by atoms with Crippen molar-refractivity contribution in [2.45, 2.75) is 18.8 Å². The lowest BCUT2D eigenvalue weighted by molar-refractivity contribution is -0.0644. The van der Waals surface area contributed by atoms with Crippen LogP contribution in [0.25, 0.3) is 0 Å². The lowest BCUT2D eigenvalue weighted by Gasteiger charge is -2.39. The van der Waals surface area contributed by atoms with Gasteiger partial charge in [0.1, 0.15) is 5.75 Å². The first-order valence-electron chi connectivity index (χ1n) is 12.4. The van der Waals surface area contributed by atoms with Crippen LogP contribution in [0.1, 0.15) is 15.9 Å². The number of carbonyl (C=O) groups excluding carboxylic acids is 1. The molecule has 0 aromatic heterocycles. The average molecular weight is 484 g/mol. The summed E-state index contributed by atoms with van der Waals surface area (Å²) in [6, 6.07) is 17.3. The summed E-state index contributed by atoms with van der Waals surface area (Å²) in [6.45, 7) is 7.60. The highest BCUT2D eigenvalue weighted by molar-refractivity contribution is 5.94. The van der Waals surface area contributed by atoms with Crippen LogP contribution in [0.4, 0.5) is 0 Å². The minimum Gasteiger partial charge on any atom is -0.497 e. The van der Waals surface area contributed by atoms with Gasteiger partial charge in [-0.2, -0.15) is 0 Å². The lowest BCUT2D eigenvalue weighted by Crippen LogP contribution is -2.54. The van der Waals surface area contributed by atoms with Gasteiger partial charge >= 0.3 is 0 Å². The van der Waals surface area contributed by atoms with Crippen molar-refractivity contribution in [2.24, 2.45) is 0 Å². The van der Waals surface area contributed by atoms with E-state index in [1.807, 2.05) is 59.5 Å². The van der Waals surface area contributed by atoms with E-state index in [9.17, 15) is 9.90 Å². The topological polar surface area (TPSA) is 74.7 Å². The van der Waals surface area contributed by atoms with Crippen LogP contribution >= 0.6 is 0 Å². The molecule has 8 heteroatoms. The molecule has 2 unspecified atom stereocenters. The first-order valence-corrected chi connectivity index (χ1v) is 12.4. The minimum absolute atomic E-state index is 0.0656. The van der Waals surface area contributed by atoms with Crippen molar-refractivity contribution >= 4 is 5.91 Å². The van der Waals surface area contributed by atoms with Crippen LogP contribution in [0.5, 0.6) is 5.75 Å². The Balaban J connectivity index is 1.15. The van der Waals surface area contributed by atoms with Gasteiger partial charge < -0.3 is 24.2 Å². The van der Waals surface area contributed by atoms with Crippen molar-refractivity contribution in [3.63, 3.8) is 0 Å². The highest BCUT2D eigenvalue weighted by atomic mass is 16.5. The molecule has 4 rings (SSSR count). The maximum absolute atomic E-state index is 12.8. The summed E-state index contributed by atoms with van der Waals surface area (Å²) in [7, 11) is 1.62. The molecule has 35 heavy (non-hydrogen) atoms. The van der Waals surface area contributed by atoms with Gasteiger partial charge in [0.2, 0.25) is 0 Å². The second-order valence-corrected chi connectivity index (χ2v) is 9.23. The number of amides is 1. The van der Waals surface area contributed by atoms with Crippen molar-refractivity contribution in [1.29, 1.82) is 0 Å². The van der Waals surface area contributed by atoms with E-state index in [0.29, 0.717) is 45.0 Å². The Morgan fingerprint density at radius 1 is 1.03 bits per heavy atom. The summed E-state index contributed by atoms with van der Waals surface area (Å²) in [6.07, 6.45) is -0.421. The largest absolute Gasteiger partial charge is 0.497 e. The van der Waals surface area contributed by atoms with Gasteiger partial charge in [-0.3, -0.25) is 14.6 Å². The lowest BCUT2D eigenvalue weighted by atomic mass is 10.1. The molecule has 2 atom stereocenters. The molecule has 2 saturated heterocycles. The Morgan fingerprint density at radius 3 is 2.49 bits per heavy atom. The molecule has 2 aromatic rings. The third-order valence-corrected chi connectivity index (χ3v) is 6.57. The Hall–Kier alpha value is -2.49. The number of β-amino-alcohol motifs (C(OH)–C–C–N with tert-alkyl or cyclic N) is 1. The zero-order valence-electron chi connectivity index (χ0n) is 20.6. The molecule has 2 aliphatic rings. The second kappa shape index (κ2) is 13.0. The van der Waals surface area contributed by atoms with E-state index in [1.54, 1.807) is 7.11 Å². The zero-order valence-corrected chi connectivity index (χ0v) is 20.6. The van der Waals surface area contributed by atoms with E-state index in [-0.39, 0.29) is 12.0 Å². The fourth-order valence-electron chi connectivity index (χ4n) is 4.63. The number of carbonyl (C=O) groups is 1. The summed E-state index contributed by atoms with van der Waals surface area (Å²) in [4.78, 5) is 19.3. The number of benzene rings is 2. The normalized spacial score (nSPS) is 20.5. The number of aliphatic hydroxyl groups excluding tert-OH is 1. The zero-order chi connectivity index (χ0) is 24.5. The number of ether oxygens (including phenoxy) is 3. The predicted octanol–water partition coefficient (Wildman–Crippen LogP) is 1.73. The molecule has 1 N–H and O–H groups in total. The Bertz CT molecular complexity index is 903. The van der Waals surface area contributed by atoms with Crippen molar-refractivity contribution in [3.05, 3.63) is 65.7 Å². The number of rotatable bonds is 10. The van der Waals surface area contributed by atoms with E-state index >= 15 is 0 Å². The first-order chi connectivity index (χ1) is 17.1. The van der Waals surface area contributed by atoms with Crippen LogP contribution in [0.3, 0.4) is 0 Å². The van der Waals surface area contributed by atoms with Gasteiger partial charge in [0.05, 0.1) is 39.1 Å². The van der Waals surface area contributed by atoms with E-state index in [0.717, 1.165) is 44.0 Å². The number of methoxy groups -OCH3 is 1. The van der Waals surface area contributed by atoms with Crippen LogP contribution in [0, 0.1) is 0 Å². The molecule has 0 bridgehead atoms. The molecule has 2 heterocycles. The summed E-state index contributed by atoms with van der Waals surface area (Å²) in [5.74, 6) is 0.816. The second-order valence-electron chi connectivity index (χ2n) is 9.23. The van der Waals surface area contributed by atoms with Gasteiger partial charge in [0, 0.05) is 57.9 Å². The Morgan fingerprint density at radius 2 is 1.77 bits per heavy atom. The van der Waals surface area contributed by atoms with E-state index in [2.05, 4.69) is 9.80 Å². The molecule has 2 fully saturated rings.